The van der Waals surface area contributed by atoms with Crippen molar-refractivity contribution in [1.82, 2.24) is 14.2 Å². The van der Waals surface area contributed by atoms with Crippen LogP contribution in [0.3, 0.4) is 0 Å². The summed E-state index contributed by atoms with van der Waals surface area (Å²) in [5.74, 6) is 0.507. The molecule has 2 heterocycles. The molecule has 1 fully saturated rings. The molecule has 0 saturated carbocycles. The first-order valence-electron chi connectivity index (χ1n) is 8.69. The second-order valence-corrected chi connectivity index (χ2v) is 8.40. The van der Waals surface area contributed by atoms with E-state index in [1.165, 1.54) is 10.5 Å². The first-order chi connectivity index (χ1) is 12.8. The van der Waals surface area contributed by atoms with Gasteiger partial charge in [0.1, 0.15) is 5.75 Å². The van der Waals surface area contributed by atoms with Crippen molar-refractivity contribution < 1.29 is 17.9 Å². The number of methoxy groups -OCH3 is 1. The summed E-state index contributed by atoms with van der Waals surface area (Å²) in [6.07, 6.45) is 3.14. The first-order valence-corrected chi connectivity index (χ1v) is 10.1. The van der Waals surface area contributed by atoms with Crippen LogP contribution in [0.25, 0.3) is 0 Å². The molecule has 0 spiro atoms. The molecule has 0 N–H and O–H groups in total. The Labute approximate surface area is 159 Å². The second kappa shape index (κ2) is 7.66. The number of carbonyl (C=O) groups excluding carboxylic acids is 1. The normalized spacial score (nSPS) is 15.6. The van der Waals surface area contributed by atoms with Gasteiger partial charge in [-0.3, -0.25) is 9.78 Å². The number of rotatable bonds is 4. The number of nitrogens with zero attached hydrogens (tertiary/aromatic N) is 3. The molecule has 144 valence electrons. The zero-order valence-electron chi connectivity index (χ0n) is 15.7. The molecule has 27 heavy (non-hydrogen) atoms. The molecule has 1 aromatic heterocycles. The van der Waals surface area contributed by atoms with Crippen LogP contribution < -0.4 is 4.74 Å². The van der Waals surface area contributed by atoms with Gasteiger partial charge in [-0.1, -0.05) is 0 Å². The Balaban J connectivity index is 1.77. The van der Waals surface area contributed by atoms with Crippen molar-refractivity contribution in [3.63, 3.8) is 0 Å². The average molecular weight is 389 g/mol. The Morgan fingerprint density at radius 2 is 1.74 bits per heavy atom. The van der Waals surface area contributed by atoms with E-state index in [-0.39, 0.29) is 19.0 Å². The number of piperazine rings is 1. The van der Waals surface area contributed by atoms with E-state index in [1.54, 1.807) is 56.3 Å². The van der Waals surface area contributed by atoms with E-state index in [9.17, 15) is 13.2 Å². The molecule has 7 nitrogen and oxygen atoms in total. The lowest BCUT2D eigenvalue weighted by Gasteiger charge is -2.34. The van der Waals surface area contributed by atoms with Crippen molar-refractivity contribution in [2.45, 2.75) is 18.7 Å². The van der Waals surface area contributed by atoms with E-state index in [1.807, 2.05) is 0 Å². The van der Waals surface area contributed by atoms with Gasteiger partial charge < -0.3 is 9.64 Å². The number of aryl methyl sites for hydroxylation is 2. The van der Waals surface area contributed by atoms with Gasteiger partial charge in [-0.05, 0) is 49.2 Å². The van der Waals surface area contributed by atoms with Gasteiger partial charge in [0.2, 0.25) is 10.0 Å². The van der Waals surface area contributed by atoms with Gasteiger partial charge in [0.25, 0.3) is 5.91 Å². The first kappa shape index (κ1) is 19.3. The number of pyridine rings is 1. The molecular weight excluding hydrogens is 366 g/mol. The van der Waals surface area contributed by atoms with E-state index in [2.05, 4.69) is 4.98 Å². The van der Waals surface area contributed by atoms with Crippen LogP contribution in [0.5, 0.6) is 5.75 Å². The standard InChI is InChI=1S/C19H23N3O4S/c1-14-11-17(26-3)12-15(2)18(14)27(24,25)22-9-7-21(8-10-22)19(23)16-5-4-6-20-13-16/h4-6,11-13H,7-10H2,1-3H3. The molecular formula is C19H23N3O4S. The van der Waals surface area contributed by atoms with E-state index in [0.29, 0.717) is 40.4 Å². The fraction of sp³-hybridized carbons (Fsp3) is 0.368. The smallest absolute Gasteiger partial charge is 0.255 e. The molecule has 1 saturated heterocycles. The summed E-state index contributed by atoms with van der Waals surface area (Å²) in [7, 11) is -2.08. The van der Waals surface area contributed by atoms with Gasteiger partial charge in [-0.25, -0.2) is 8.42 Å². The number of sulfonamides is 1. The molecule has 3 rings (SSSR count). The summed E-state index contributed by atoms with van der Waals surface area (Å²) in [4.78, 5) is 18.5. The van der Waals surface area contributed by atoms with Crippen LogP contribution in [0, 0.1) is 13.8 Å². The van der Waals surface area contributed by atoms with E-state index in [0.717, 1.165) is 0 Å². The SMILES string of the molecule is COc1cc(C)c(S(=O)(=O)N2CCN(C(=O)c3cccnc3)CC2)c(C)c1. The lowest BCUT2D eigenvalue weighted by atomic mass is 10.1. The molecule has 1 aliphatic rings. The fourth-order valence-corrected chi connectivity index (χ4v) is 5.20. The predicted molar refractivity (Wildman–Crippen MR) is 101 cm³/mol. The Hall–Kier alpha value is -2.45. The largest absolute Gasteiger partial charge is 0.497 e. The summed E-state index contributed by atoms with van der Waals surface area (Å²) in [6, 6.07) is 6.87. The quantitative estimate of drug-likeness (QED) is 0.797. The van der Waals surface area contributed by atoms with Gasteiger partial charge in [0, 0.05) is 38.6 Å². The maximum atomic E-state index is 13.1. The Morgan fingerprint density at radius 1 is 1.11 bits per heavy atom. The number of ether oxygens (including phenoxy) is 1. The van der Waals surface area contributed by atoms with Crippen LogP contribution in [-0.4, -0.2) is 61.8 Å². The third-order valence-corrected chi connectivity index (χ3v) is 6.91. The van der Waals surface area contributed by atoms with Crippen LogP contribution in [0.1, 0.15) is 21.5 Å². The van der Waals surface area contributed by atoms with E-state index < -0.39 is 10.0 Å². The molecule has 1 amide bonds. The van der Waals surface area contributed by atoms with Gasteiger partial charge >= 0.3 is 0 Å². The summed E-state index contributed by atoms with van der Waals surface area (Å²) >= 11 is 0. The zero-order chi connectivity index (χ0) is 19.6. The van der Waals surface area contributed by atoms with Gasteiger partial charge in [0.15, 0.2) is 0 Å². The highest BCUT2D eigenvalue weighted by molar-refractivity contribution is 7.89. The number of benzene rings is 1. The minimum absolute atomic E-state index is 0.128. The molecule has 0 bridgehead atoms. The second-order valence-electron chi connectivity index (χ2n) is 6.53. The third kappa shape index (κ3) is 3.81. The number of carbonyl (C=O) groups is 1. The maximum absolute atomic E-state index is 13.1. The predicted octanol–water partition coefficient (Wildman–Crippen LogP) is 1.85. The van der Waals surface area contributed by atoms with Crippen LogP contribution in [0.4, 0.5) is 0 Å². The molecule has 2 aromatic rings. The van der Waals surface area contributed by atoms with Crippen molar-refractivity contribution in [3.8, 4) is 5.75 Å². The summed E-state index contributed by atoms with van der Waals surface area (Å²) in [5.41, 5.74) is 1.82. The molecule has 0 radical (unpaired) electrons. The average Bonchev–Trinajstić information content (AvgIpc) is 2.67. The fourth-order valence-electron chi connectivity index (χ4n) is 3.37. The summed E-state index contributed by atoms with van der Waals surface area (Å²) < 4.78 is 33.0. The van der Waals surface area contributed by atoms with Crippen LogP contribution >= 0.6 is 0 Å². The molecule has 8 heteroatoms. The minimum Gasteiger partial charge on any atom is -0.497 e. The molecule has 1 aromatic carbocycles. The lowest BCUT2D eigenvalue weighted by Crippen LogP contribution is -2.50. The van der Waals surface area contributed by atoms with Gasteiger partial charge in [0.05, 0.1) is 17.6 Å². The summed E-state index contributed by atoms with van der Waals surface area (Å²) in [5, 5.41) is 0. The number of aromatic nitrogens is 1. The van der Waals surface area contributed by atoms with E-state index >= 15 is 0 Å². The van der Waals surface area contributed by atoms with Crippen LogP contribution in [0.15, 0.2) is 41.6 Å². The number of hydrogen-bond acceptors (Lipinski definition) is 5. The minimum atomic E-state index is -3.63. The molecule has 0 unspecified atom stereocenters. The number of amides is 1. The highest BCUT2D eigenvalue weighted by atomic mass is 32.2. The lowest BCUT2D eigenvalue weighted by molar-refractivity contribution is 0.0697. The van der Waals surface area contributed by atoms with Gasteiger partial charge in [-0.15, -0.1) is 0 Å². The van der Waals surface area contributed by atoms with Crippen LogP contribution in [-0.2, 0) is 10.0 Å². The van der Waals surface area contributed by atoms with Gasteiger partial charge in [-0.2, -0.15) is 4.31 Å². The molecule has 0 aliphatic carbocycles. The Morgan fingerprint density at radius 3 is 2.26 bits per heavy atom. The van der Waals surface area contributed by atoms with Crippen molar-refractivity contribution in [3.05, 3.63) is 53.3 Å². The van der Waals surface area contributed by atoms with Crippen molar-refractivity contribution in [2.24, 2.45) is 0 Å². The Bertz CT molecular complexity index is 914. The number of hydrogen-bond donors (Lipinski definition) is 0. The Kier molecular flexibility index (Phi) is 5.48. The topological polar surface area (TPSA) is 79.8 Å². The highest BCUT2D eigenvalue weighted by Crippen LogP contribution is 2.28. The molecule has 0 atom stereocenters. The van der Waals surface area contributed by atoms with Crippen LogP contribution in [0.2, 0.25) is 0 Å². The monoisotopic (exact) mass is 389 g/mol. The summed E-state index contributed by atoms with van der Waals surface area (Å²) in [6.45, 7) is 4.76. The van der Waals surface area contributed by atoms with E-state index in [4.69, 9.17) is 4.74 Å². The van der Waals surface area contributed by atoms with Crippen molar-refractivity contribution in [1.29, 1.82) is 0 Å². The third-order valence-electron chi connectivity index (χ3n) is 4.70. The highest BCUT2D eigenvalue weighted by Gasteiger charge is 2.32. The maximum Gasteiger partial charge on any atom is 0.255 e. The zero-order valence-corrected chi connectivity index (χ0v) is 16.5. The van der Waals surface area contributed by atoms with Crippen molar-refractivity contribution >= 4 is 15.9 Å². The van der Waals surface area contributed by atoms with Crippen molar-refractivity contribution in [2.75, 3.05) is 33.3 Å². The molecule has 1 aliphatic heterocycles.